The van der Waals surface area contributed by atoms with E-state index < -0.39 is 10.5 Å². The van der Waals surface area contributed by atoms with Gasteiger partial charge in [0.15, 0.2) is 0 Å². The number of benzene rings is 1. The van der Waals surface area contributed by atoms with Gasteiger partial charge in [-0.2, -0.15) is 8.42 Å². The number of nitrogens with one attached hydrogen (secondary N) is 1. The summed E-state index contributed by atoms with van der Waals surface area (Å²) >= 11 is 0. The summed E-state index contributed by atoms with van der Waals surface area (Å²) in [6.07, 6.45) is 5.68. The molecule has 0 atom stereocenters. The molecule has 5 rings (SSSR count). The molecule has 3 amide bonds. The fourth-order valence-electron chi connectivity index (χ4n) is 6.11. The topological polar surface area (TPSA) is 105 Å². The summed E-state index contributed by atoms with van der Waals surface area (Å²) < 4.78 is 30.7. The standard InChI is InChI=1S/C21H27N3O5S/c1-22-21(26)24(20-15-6-13-5-14(8-15)9-16(20)7-13)19(25)11-12-3-4-18(29-2)17(10-12)23-30(27)28/h3-4,10,13-16,20H,5-9,11H2,1-2H3,(H,22,26). The third kappa shape index (κ3) is 3.95. The zero-order chi connectivity index (χ0) is 21.4. The summed E-state index contributed by atoms with van der Waals surface area (Å²) in [4.78, 5) is 27.5. The molecule has 4 aliphatic rings. The lowest BCUT2D eigenvalue weighted by molar-refractivity contribution is -0.137. The Kier molecular flexibility index (Phi) is 5.81. The van der Waals surface area contributed by atoms with Gasteiger partial charge in [0.1, 0.15) is 11.4 Å². The first-order chi connectivity index (χ1) is 14.4. The van der Waals surface area contributed by atoms with Crippen LogP contribution < -0.4 is 10.1 Å². The number of ether oxygens (including phenoxy) is 1. The molecule has 4 aliphatic carbocycles. The quantitative estimate of drug-likeness (QED) is 0.769. The summed E-state index contributed by atoms with van der Waals surface area (Å²) in [5.41, 5.74) is 0.722. The largest absolute Gasteiger partial charge is 0.494 e. The second-order valence-electron chi connectivity index (χ2n) is 8.73. The number of amides is 3. The van der Waals surface area contributed by atoms with Gasteiger partial charge in [0.05, 0.1) is 13.5 Å². The van der Waals surface area contributed by atoms with Crippen LogP contribution in [0, 0.1) is 23.7 Å². The minimum absolute atomic E-state index is 0.00573. The predicted octanol–water partition coefficient (Wildman–Crippen LogP) is 2.92. The number of hydrogen-bond acceptors (Lipinski definition) is 6. The summed E-state index contributed by atoms with van der Waals surface area (Å²) in [5, 5.41) is 2.64. The molecule has 162 valence electrons. The Balaban J connectivity index is 1.60. The zero-order valence-corrected chi connectivity index (χ0v) is 18.0. The number of hydrogen-bond donors (Lipinski definition) is 1. The van der Waals surface area contributed by atoms with Crippen molar-refractivity contribution in [1.82, 2.24) is 10.2 Å². The number of methoxy groups -OCH3 is 1. The highest BCUT2D eigenvalue weighted by Crippen LogP contribution is 2.55. The zero-order valence-electron chi connectivity index (χ0n) is 17.2. The van der Waals surface area contributed by atoms with Gasteiger partial charge in [-0.15, -0.1) is 4.36 Å². The second-order valence-corrected chi connectivity index (χ2v) is 9.35. The molecule has 0 heterocycles. The summed E-state index contributed by atoms with van der Waals surface area (Å²) in [6, 6.07) is 4.38. The maximum atomic E-state index is 13.3. The van der Waals surface area contributed by atoms with E-state index in [-0.39, 0.29) is 30.1 Å². The molecule has 9 heteroatoms. The third-order valence-electron chi connectivity index (χ3n) is 6.95. The van der Waals surface area contributed by atoms with E-state index in [2.05, 4.69) is 9.68 Å². The van der Waals surface area contributed by atoms with Crippen LogP contribution in [-0.2, 0) is 21.7 Å². The molecular formula is C21H27N3O5S. The number of imide groups is 1. The van der Waals surface area contributed by atoms with Crippen molar-refractivity contribution in [1.29, 1.82) is 0 Å². The van der Waals surface area contributed by atoms with E-state index in [0.29, 0.717) is 23.1 Å². The van der Waals surface area contributed by atoms with Gasteiger partial charge in [0.2, 0.25) is 5.91 Å². The lowest BCUT2D eigenvalue weighted by Crippen LogP contribution is -2.60. The highest BCUT2D eigenvalue weighted by atomic mass is 32.2. The van der Waals surface area contributed by atoms with Crippen LogP contribution in [0.4, 0.5) is 10.5 Å². The maximum Gasteiger partial charge on any atom is 0.324 e. The monoisotopic (exact) mass is 433 g/mol. The highest BCUT2D eigenvalue weighted by molar-refractivity contribution is 7.61. The molecule has 0 aromatic heterocycles. The van der Waals surface area contributed by atoms with Crippen molar-refractivity contribution in [3.63, 3.8) is 0 Å². The molecule has 4 saturated carbocycles. The average Bonchev–Trinajstić information content (AvgIpc) is 2.69. The fraction of sp³-hybridized carbons (Fsp3) is 0.619. The number of nitrogens with zero attached hydrogens (tertiary/aromatic N) is 2. The van der Waals surface area contributed by atoms with Crippen LogP contribution >= 0.6 is 0 Å². The molecule has 0 aliphatic heterocycles. The Hall–Kier alpha value is -2.42. The van der Waals surface area contributed by atoms with Gasteiger partial charge in [-0.05, 0) is 73.5 Å². The van der Waals surface area contributed by atoms with Crippen LogP contribution in [0.25, 0.3) is 0 Å². The van der Waals surface area contributed by atoms with Crippen molar-refractivity contribution >= 4 is 28.1 Å². The van der Waals surface area contributed by atoms with Gasteiger partial charge >= 0.3 is 16.5 Å². The maximum absolute atomic E-state index is 13.3. The van der Waals surface area contributed by atoms with Gasteiger partial charge < -0.3 is 10.1 Å². The SMILES string of the molecule is CNC(=O)N(C(=O)Cc1ccc(OC)c(N=S(=O)=O)c1)C1C2CC3CC(C2)CC1C3. The molecule has 1 N–H and O–H groups in total. The van der Waals surface area contributed by atoms with E-state index in [1.165, 1.54) is 24.5 Å². The second kappa shape index (κ2) is 8.37. The Labute approximate surface area is 177 Å². The van der Waals surface area contributed by atoms with Crippen LogP contribution in [0.3, 0.4) is 0 Å². The van der Waals surface area contributed by atoms with Gasteiger partial charge in [-0.1, -0.05) is 6.07 Å². The van der Waals surface area contributed by atoms with Gasteiger partial charge in [-0.3, -0.25) is 9.69 Å². The van der Waals surface area contributed by atoms with E-state index in [9.17, 15) is 18.0 Å². The Morgan fingerprint density at radius 3 is 2.30 bits per heavy atom. The van der Waals surface area contributed by atoms with E-state index in [1.54, 1.807) is 19.2 Å². The molecule has 1 aromatic rings. The van der Waals surface area contributed by atoms with Gasteiger partial charge in [-0.25, -0.2) is 4.79 Å². The lowest BCUT2D eigenvalue weighted by atomic mass is 9.54. The molecule has 4 fully saturated rings. The number of carbonyl (C=O) groups is 2. The van der Waals surface area contributed by atoms with Gasteiger partial charge in [0, 0.05) is 13.1 Å². The first kappa shape index (κ1) is 20.8. The molecule has 8 nitrogen and oxygen atoms in total. The van der Waals surface area contributed by atoms with Crippen LogP contribution in [0.2, 0.25) is 0 Å². The molecule has 30 heavy (non-hydrogen) atoms. The summed E-state index contributed by atoms with van der Waals surface area (Å²) in [7, 11) is 0.334. The average molecular weight is 434 g/mol. The number of urea groups is 1. The van der Waals surface area contributed by atoms with Crippen LogP contribution in [-0.4, -0.2) is 45.5 Å². The van der Waals surface area contributed by atoms with Crippen molar-refractivity contribution in [3.8, 4) is 5.75 Å². The first-order valence-corrected chi connectivity index (χ1v) is 11.4. The molecule has 0 spiro atoms. The molecule has 0 radical (unpaired) electrons. The van der Waals surface area contributed by atoms with E-state index in [1.807, 2.05) is 0 Å². The molecule has 4 bridgehead atoms. The lowest BCUT2D eigenvalue weighted by Gasteiger charge is -2.56. The van der Waals surface area contributed by atoms with Crippen molar-refractivity contribution in [2.24, 2.45) is 28.0 Å². The Bertz CT molecular complexity index is 954. The van der Waals surface area contributed by atoms with Crippen LogP contribution in [0.15, 0.2) is 22.6 Å². The Morgan fingerprint density at radius 1 is 1.13 bits per heavy atom. The van der Waals surface area contributed by atoms with Crippen molar-refractivity contribution < 1.29 is 22.7 Å². The number of rotatable bonds is 5. The number of carbonyl (C=O) groups excluding carboxylic acids is 2. The van der Waals surface area contributed by atoms with Crippen LogP contribution in [0.1, 0.15) is 37.7 Å². The highest BCUT2D eigenvalue weighted by Gasteiger charge is 2.52. The van der Waals surface area contributed by atoms with Crippen molar-refractivity contribution in [3.05, 3.63) is 23.8 Å². The predicted molar refractivity (Wildman–Crippen MR) is 110 cm³/mol. The minimum atomic E-state index is -2.64. The Morgan fingerprint density at radius 2 is 1.77 bits per heavy atom. The van der Waals surface area contributed by atoms with Gasteiger partial charge in [0.25, 0.3) is 0 Å². The van der Waals surface area contributed by atoms with Crippen LogP contribution in [0.5, 0.6) is 5.75 Å². The molecular weight excluding hydrogens is 406 g/mol. The van der Waals surface area contributed by atoms with Crippen molar-refractivity contribution in [2.75, 3.05) is 14.2 Å². The van der Waals surface area contributed by atoms with E-state index in [4.69, 9.17) is 4.74 Å². The summed E-state index contributed by atoms with van der Waals surface area (Å²) in [5.74, 6) is 2.28. The molecule has 1 aromatic carbocycles. The van der Waals surface area contributed by atoms with E-state index in [0.717, 1.165) is 37.5 Å². The smallest absolute Gasteiger partial charge is 0.324 e. The minimum Gasteiger partial charge on any atom is -0.494 e. The summed E-state index contributed by atoms with van der Waals surface area (Å²) in [6.45, 7) is 0. The fourth-order valence-corrected chi connectivity index (χ4v) is 6.41. The van der Waals surface area contributed by atoms with E-state index >= 15 is 0 Å². The molecule has 0 unspecified atom stereocenters. The normalized spacial score (nSPS) is 28.7. The van der Waals surface area contributed by atoms with Crippen molar-refractivity contribution in [2.45, 2.75) is 44.6 Å². The third-order valence-corrected chi connectivity index (χ3v) is 7.29. The molecule has 0 saturated heterocycles. The first-order valence-electron chi connectivity index (χ1n) is 10.4.